The Kier molecular flexibility index (Phi) is 4.78. The van der Waals surface area contributed by atoms with Crippen LogP contribution < -0.4 is 10.1 Å². The predicted molar refractivity (Wildman–Crippen MR) is 63.3 cm³/mol. The summed E-state index contributed by atoms with van der Waals surface area (Å²) >= 11 is 0. The molecule has 0 saturated heterocycles. The molecule has 1 atom stereocenters. The highest BCUT2D eigenvalue weighted by Crippen LogP contribution is 2.29. The third-order valence-electron chi connectivity index (χ3n) is 2.31. The van der Waals surface area contributed by atoms with E-state index in [2.05, 4.69) is 5.32 Å². The number of nitrogens with one attached hydrogen (secondary N) is 1. The van der Waals surface area contributed by atoms with Gasteiger partial charge in [0, 0.05) is 6.54 Å². The normalized spacial score (nSPS) is 11.9. The van der Waals surface area contributed by atoms with Crippen molar-refractivity contribution >= 4 is 5.91 Å². The zero-order valence-electron chi connectivity index (χ0n) is 9.93. The number of rotatable bonds is 5. The number of phenols is 1. The first-order chi connectivity index (χ1) is 8.06. The van der Waals surface area contributed by atoms with Gasteiger partial charge in [-0.2, -0.15) is 0 Å². The van der Waals surface area contributed by atoms with Crippen molar-refractivity contribution in [1.82, 2.24) is 5.32 Å². The maximum absolute atomic E-state index is 11.7. The number of aliphatic hydroxyl groups is 1. The second-order valence-electron chi connectivity index (χ2n) is 3.75. The fraction of sp³-hybridized carbons (Fsp3) is 0.417. The number of aliphatic hydroxyl groups excluding tert-OH is 1. The van der Waals surface area contributed by atoms with Crippen LogP contribution in [0, 0.1) is 0 Å². The lowest BCUT2D eigenvalue weighted by Gasteiger charge is -2.10. The summed E-state index contributed by atoms with van der Waals surface area (Å²) in [5, 5.41) is 21.4. The predicted octanol–water partition coefficient (Wildman–Crippen LogP) is 0.901. The van der Waals surface area contributed by atoms with E-state index < -0.39 is 6.10 Å². The number of ether oxygens (including phenoxy) is 1. The van der Waals surface area contributed by atoms with Gasteiger partial charge in [0.15, 0.2) is 11.5 Å². The number of methoxy groups -OCH3 is 1. The Morgan fingerprint density at radius 1 is 1.53 bits per heavy atom. The van der Waals surface area contributed by atoms with Gasteiger partial charge in [-0.05, 0) is 25.5 Å². The van der Waals surface area contributed by atoms with Crippen LogP contribution in [0.4, 0.5) is 0 Å². The van der Waals surface area contributed by atoms with E-state index in [0.717, 1.165) is 0 Å². The van der Waals surface area contributed by atoms with E-state index in [9.17, 15) is 9.90 Å². The van der Waals surface area contributed by atoms with Crippen LogP contribution in [0.5, 0.6) is 11.5 Å². The lowest BCUT2D eigenvalue weighted by Crippen LogP contribution is -2.26. The van der Waals surface area contributed by atoms with Gasteiger partial charge in [-0.15, -0.1) is 0 Å². The number of carbonyl (C=O) groups is 1. The van der Waals surface area contributed by atoms with Crippen LogP contribution in [0.25, 0.3) is 0 Å². The third kappa shape index (κ3) is 3.64. The molecule has 5 heteroatoms. The summed E-state index contributed by atoms with van der Waals surface area (Å²) in [6.45, 7) is 2.00. The van der Waals surface area contributed by atoms with Gasteiger partial charge in [-0.3, -0.25) is 4.79 Å². The zero-order chi connectivity index (χ0) is 12.8. The molecule has 1 amide bonds. The minimum absolute atomic E-state index is 0.162. The van der Waals surface area contributed by atoms with Crippen molar-refractivity contribution in [2.45, 2.75) is 19.4 Å². The summed E-state index contributed by atoms with van der Waals surface area (Å²) in [6, 6.07) is 4.71. The van der Waals surface area contributed by atoms with Crippen LogP contribution in [0.3, 0.4) is 0 Å². The Balaban J connectivity index is 2.69. The Morgan fingerprint density at radius 3 is 2.82 bits per heavy atom. The fourth-order valence-electron chi connectivity index (χ4n) is 1.36. The highest BCUT2D eigenvalue weighted by molar-refractivity contribution is 5.97. The van der Waals surface area contributed by atoms with Gasteiger partial charge in [0.2, 0.25) is 0 Å². The minimum atomic E-state index is -0.464. The van der Waals surface area contributed by atoms with E-state index in [-0.39, 0.29) is 23.0 Å². The highest BCUT2D eigenvalue weighted by Gasteiger charge is 2.14. The molecule has 1 aromatic rings. The molecule has 94 valence electrons. The average Bonchev–Trinajstić information content (AvgIpc) is 2.28. The van der Waals surface area contributed by atoms with E-state index in [0.29, 0.717) is 13.0 Å². The SMILES string of the molecule is COc1cccc(C(=O)NCCC(C)O)c1O. The van der Waals surface area contributed by atoms with Gasteiger partial charge in [-0.25, -0.2) is 0 Å². The molecule has 1 unspecified atom stereocenters. The molecule has 0 bridgehead atoms. The van der Waals surface area contributed by atoms with E-state index in [1.165, 1.54) is 13.2 Å². The molecule has 0 aliphatic carbocycles. The molecule has 1 aromatic carbocycles. The summed E-state index contributed by atoms with van der Waals surface area (Å²) in [4.78, 5) is 11.7. The molecule has 0 spiro atoms. The van der Waals surface area contributed by atoms with Crippen LogP contribution >= 0.6 is 0 Å². The molecule has 3 N–H and O–H groups in total. The topological polar surface area (TPSA) is 78.8 Å². The summed E-state index contributed by atoms with van der Waals surface area (Å²) in [5.74, 6) is -0.306. The van der Waals surface area contributed by atoms with E-state index in [1.54, 1.807) is 19.1 Å². The van der Waals surface area contributed by atoms with E-state index in [4.69, 9.17) is 9.84 Å². The van der Waals surface area contributed by atoms with Gasteiger partial charge in [0.05, 0.1) is 18.8 Å². The second kappa shape index (κ2) is 6.10. The Bertz CT molecular complexity index is 390. The smallest absolute Gasteiger partial charge is 0.255 e. The number of para-hydroxylation sites is 1. The first kappa shape index (κ1) is 13.3. The van der Waals surface area contributed by atoms with Gasteiger partial charge < -0.3 is 20.3 Å². The molecule has 0 aromatic heterocycles. The van der Waals surface area contributed by atoms with Crippen molar-refractivity contribution in [2.75, 3.05) is 13.7 Å². The van der Waals surface area contributed by atoms with Crippen molar-refractivity contribution in [3.8, 4) is 11.5 Å². The zero-order valence-corrected chi connectivity index (χ0v) is 9.93. The summed E-state index contributed by atoms with van der Waals surface area (Å²) in [6.07, 6.45) is 0.00502. The molecule has 0 aliphatic rings. The molecule has 5 nitrogen and oxygen atoms in total. The summed E-state index contributed by atoms with van der Waals surface area (Å²) < 4.78 is 4.91. The van der Waals surface area contributed by atoms with Gasteiger partial charge >= 0.3 is 0 Å². The Labute approximate surface area is 100 Å². The molecule has 0 saturated carbocycles. The highest BCUT2D eigenvalue weighted by atomic mass is 16.5. The van der Waals surface area contributed by atoms with E-state index >= 15 is 0 Å². The van der Waals surface area contributed by atoms with Crippen molar-refractivity contribution < 1.29 is 19.7 Å². The summed E-state index contributed by atoms with van der Waals surface area (Å²) in [7, 11) is 1.42. The minimum Gasteiger partial charge on any atom is -0.504 e. The largest absolute Gasteiger partial charge is 0.504 e. The van der Waals surface area contributed by atoms with Crippen molar-refractivity contribution in [3.05, 3.63) is 23.8 Å². The number of hydrogen-bond acceptors (Lipinski definition) is 4. The number of carbonyl (C=O) groups excluding carboxylic acids is 1. The van der Waals surface area contributed by atoms with Crippen molar-refractivity contribution in [1.29, 1.82) is 0 Å². The Hall–Kier alpha value is -1.75. The number of hydrogen-bond donors (Lipinski definition) is 3. The monoisotopic (exact) mass is 239 g/mol. The standard InChI is InChI=1S/C12H17NO4/c1-8(14)6-7-13-12(16)9-4-3-5-10(17-2)11(9)15/h3-5,8,14-15H,6-7H2,1-2H3,(H,13,16). The van der Waals surface area contributed by atoms with E-state index in [1.807, 2.05) is 0 Å². The lowest BCUT2D eigenvalue weighted by atomic mass is 10.1. The number of amides is 1. The number of benzene rings is 1. The van der Waals surface area contributed by atoms with Crippen molar-refractivity contribution in [2.24, 2.45) is 0 Å². The number of aromatic hydroxyl groups is 1. The second-order valence-corrected chi connectivity index (χ2v) is 3.75. The van der Waals surface area contributed by atoms with Crippen LogP contribution in [-0.4, -0.2) is 35.9 Å². The molecule has 0 fully saturated rings. The third-order valence-corrected chi connectivity index (χ3v) is 2.31. The van der Waals surface area contributed by atoms with Crippen LogP contribution in [0.15, 0.2) is 18.2 Å². The van der Waals surface area contributed by atoms with Crippen LogP contribution in [0.1, 0.15) is 23.7 Å². The molecule has 0 heterocycles. The molecular formula is C12H17NO4. The fourth-order valence-corrected chi connectivity index (χ4v) is 1.36. The molecule has 0 aliphatic heterocycles. The summed E-state index contributed by atoms with van der Waals surface area (Å²) in [5.41, 5.74) is 0.162. The maximum Gasteiger partial charge on any atom is 0.255 e. The van der Waals surface area contributed by atoms with Crippen LogP contribution in [0.2, 0.25) is 0 Å². The average molecular weight is 239 g/mol. The molecule has 17 heavy (non-hydrogen) atoms. The first-order valence-corrected chi connectivity index (χ1v) is 5.38. The van der Waals surface area contributed by atoms with Crippen LogP contribution in [-0.2, 0) is 0 Å². The van der Waals surface area contributed by atoms with Gasteiger partial charge in [-0.1, -0.05) is 6.07 Å². The Morgan fingerprint density at radius 2 is 2.24 bits per heavy atom. The molecule has 1 rings (SSSR count). The first-order valence-electron chi connectivity index (χ1n) is 5.38. The van der Waals surface area contributed by atoms with Crippen molar-refractivity contribution in [3.63, 3.8) is 0 Å². The lowest BCUT2D eigenvalue weighted by molar-refractivity contribution is 0.0942. The molecular weight excluding hydrogens is 222 g/mol. The van der Waals surface area contributed by atoms with Gasteiger partial charge in [0.25, 0.3) is 5.91 Å². The maximum atomic E-state index is 11.7. The number of phenolic OH excluding ortho intramolecular Hbond substituents is 1. The van der Waals surface area contributed by atoms with Gasteiger partial charge in [0.1, 0.15) is 0 Å². The molecule has 0 radical (unpaired) electrons. The quantitative estimate of drug-likeness (QED) is 0.713.